The summed E-state index contributed by atoms with van der Waals surface area (Å²) in [5.74, 6) is 0. The van der Waals surface area contributed by atoms with Crippen LogP contribution in [0.5, 0.6) is 0 Å². The quantitative estimate of drug-likeness (QED) is 0.167. The minimum absolute atomic E-state index is 0.639. The normalized spacial score (nSPS) is 14.5. The molecule has 2 aliphatic carbocycles. The Kier molecular flexibility index (Phi) is 7.52. The lowest BCUT2D eigenvalue weighted by Crippen LogP contribution is -2.28. The summed E-state index contributed by atoms with van der Waals surface area (Å²) in [5.41, 5.74) is 17.9. The number of anilines is 6. The molecule has 2 aliphatic rings. The zero-order valence-corrected chi connectivity index (χ0v) is 33.7. The van der Waals surface area contributed by atoms with Crippen LogP contribution in [0.1, 0.15) is 22.3 Å². The van der Waals surface area contributed by atoms with E-state index in [0.717, 1.165) is 56.1 Å². The highest BCUT2D eigenvalue weighted by atomic mass is 16.3. The molecule has 62 heavy (non-hydrogen) atoms. The molecule has 0 saturated carbocycles. The van der Waals surface area contributed by atoms with E-state index in [1.807, 2.05) is 0 Å². The Morgan fingerprint density at radius 3 is 1.61 bits per heavy atom. The fourth-order valence-corrected chi connectivity index (χ4v) is 10.8. The molecule has 290 valence electrons. The van der Waals surface area contributed by atoms with Crippen molar-refractivity contribution in [2.24, 2.45) is 0 Å². The van der Waals surface area contributed by atoms with Crippen LogP contribution in [-0.2, 0) is 5.41 Å². The van der Waals surface area contributed by atoms with E-state index < -0.39 is 5.41 Å². The summed E-state index contributed by atoms with van der Waals surface area (Å²) < 4.78 is 6.58. The fourth-order valence-electron chi connectivity index (χ4n) is 10.8. The summed E-state index contributed by atoms with van der Waals surface area (Å²) in [5, 5.41) is 4.64. The van der Waals surface area contributed by atoms with Crippen LogP contribution in [0.2, 0.25) is 0 Å². The van der Waals surface area contributed by atoms with Gasteiger partial charge in [-0.2, -0.15) is 0 Å². The Bertz CT molecular complexity index is 3500. The van der Waals surface area contributed by atoms with Gasteiger partial charge < -0.3 is 14.2 Å². The van der Waals surface area contributed by atoms with Gasteiger partial charge in [0.05, 0.1) is 22.2 Å². The third kappa shape index (κ3) is 4.82. The molecule has 0 radical (unpaired) electrons. The molecular formula is C59H38N2O. The lowest BCUT2D eigenvalue weighted by molar-refractivity contribution is 0.669. The third-order valence-corrected chi connectivity index (χ3v) is 13.2. The highest BCUT2D eigenvalue weighted by Gasteiger charge is 2.54. The van der Waals surface area contributed by atoms with Crippen LogP contribution in [0.3, 0.4) is 0 Å². The Balaban J connectivity index is 1.17. The van der Waals surface area contributed by atoms with Crippen LogP contribution < -0.4 is 9.80 Å². The summed E-state index contributed by atoms with van der Waals surface area (Å²) in [4.78, 5) is 4.88. The van der Waals surface area contributed by atoms with Crippen molar-refractivity contribution in [3.05, 3.63) is 253 Å². The number of fused-ring (bicyclic) bond motifs is 15. The summed E-state index contributed by atoms with van der Waals surface area (Å²) in [7, 11) is 0. The van der Waals surface area contributed by atoms with Gasteiger partial charge in [0.1, 0.15) is 11.2 Å². The van der Waals surface area contributed by atoms with Gasteiger partial charge in [-0.05, 0) is 123 Å². The Hall–Kier alpha value is -8.14. The zero-order chi connectivity index (χ0) is 40.8. The van der Waals surface area contributed by atoms with Crippen LogP contribution in [0.25, 0.3) is 55.0 Å². The average Bonchev–Trinajstić information content (AvgIpc) is 3.98. The molecule has 0 saturated heterocycles. The number of hydrogen-bond donors (Lipinski definition) is 0. The summed E-state index contributed by atoms with van der Waals surface area (Å²) in [6.07, 6.45) is 0. The van der Waals surface area contributed by atoms with Crippen LogP contribution in [-0.4, -0.2) is 0 Å². The predicted molar refractivity (Wildman–Crippen MR) is 257 cm³/mol. The molecule has 0 bridgehead atoms. The Morgan fingerprint density at radius 2 is 0.887 bits per heavy atom. The van der Waals surface area contributed by atoms with Gasteiger partial charge in [-0.3, -0.25) is 0 Å². The monoisotopic (exact) mass is 790 g/mol. The summed E-state index contributed by atoms with van der Waals surface area (Å²) >= 11 is 0. The van der Waals surface area contributed by atoms with Gasteiger partial charge in [0.15, 0.2) is 0 Å². The SMILES string of the molecule is c1ccc(N(c2ccccc2)c2ccc3c(c2)-c2ccccc2C32c3ccccc3-c3c2c(N(c2ccccc2)c2cccc4oc5ccccc5c24)cc2ccccc32)cc1. The molecule has 3 nitrogen and oxygen atoms in total. The van der Waals surface area contributed by atoms with E-state index >= 15 is 0 Å². The van der Waals surface area contributed by atoms with E-state index in [4.69, 9.17) is 4.42 Å². The van der Waals surface area contributed by atoms with E-state index in [1.165, 1.54) is 55.3 Å². The maximum Gasteiger partial charge on any atom is 0.137 e. The molecule has 0 N–H and O–H groups in total. The minimum Gasteiger partial charge on any atom is -0.456 e. The Labute approximate surface area is 360 Å². The van der Waals surface area contributed by atoms with Crippen molar-refractivity contribution in [3.63, 3.8) is 0 Å². The zero-order valence-electron chi connectivity index (χ0n) is 33.7. The van der Waals surface area contributed by atoms with Gasteiger partial charge in [0.25, 0.3) is 0 Å². The number of furan rings is 1. The number of benzene rings is 10. The van der Waals surface area contributed by atoms with Gasteiger partial charge >= 0.3 is 0 Å². The molecule has 0 fully saturated rings. The molecule has 3 heteroatoms. The maximum absolute atomic E-state index is 6.58. The van der Waals surface area contributed by atoms with Crippen molar-refractivity contribution in [3.8, 4) is 22.3 Å². The van der Waals surface area contributed by atoms with Gasteiger partial charge in [-0.15, -0.1) is 0 Å². The van der Waals surface area contributed by atoms with E-state index in [0.29, 0.717) is 0 Å². The third-order valence-electron chi connectivity index (χ3n) is 13.2. The Morgan fingerprint density at radius 1 is 0.339 bits per heavy atom. The lowest BCUT2D eigenvalue weighted by atomic mass is 9.69. The van der Waals surface area contributed by atoms with E-state index in [9.17, 15) is 0 Å². The smallest absolute Gasteiger partial charge is 0.137 e. The van der Waals surface area contributed by atoms with Crippen molar-refractivity contribution < 1.29 is 4.42 Å². The van der Waals surface area contributed by atoms with Crippen molar-refractivity contribution in [1.29, 1.82) is 0 Å². The van der Waals surface area contributed by atoms with Gasteiger partial charge in [-0.25, -0.2) is 0 Å². The van der Waals surface area contributed by atoms with Gasteiger partial charge in [0, 0.05) is 33.7 Å². The first-order valence-electron chi connectivity index (χ1n) is 21.4. The number of hydrogen-bond acceptors (Lipinski definition) is 3. The molecule has 13 rings (SSSR count). The number of para-hydroxylation sites is 4. The van der Waals surface area contributed by atoms with Crippen LogP contribution >= 0.6 is 0 Å². The summed E-state index contributed by atoms with van der Waals surface area (Å²) in [6, 6.07) is 84.0. The first-order chi connectivity index (χ1) is 30.8. The van der Waals surface area contributed by atoms with E-state index in [-0.39, 0.29) is 0 Å². The second-order valence-electron chi connectivity index (χ2n) is 16.4. The second kappa shape index (κ2) is 13.4. The molecule has 1 heterocycles. The first kappa shape index (κ1) is 34.7. The molecule has 0 aliphatic heterocycles. The van der Waals surface area contributed by atoms with Crippen molar-refractivity contribution >= 4 is 66.8 Å². The molecule has 1 spiro atoms. The largest absolute Gasteiger partial charge is 0.456 e. The molecule has 10 aromatic carbocycles. The van der Waals surface area contributed by atoms with Crippen molar-refractivity contribution in [2.45, 2.75) is 5.41 Å². The lowest BCUT2D eigenvalue weighted by Gasteiger charge is -2.36. The van der Waals surface area contributed by atoms with Gasteiger partial charge in [0.2, 0.25) is 0 Å². The molecule has 1 aromatic heterocycles. The highest BCUT2D eigenvalue weighted by molar-refractivity contribution is 6.16. The second-order valence-corrected chi connectivity index (χ2v) is 16.4. The fraction of sp³-hybridized carbons (Fsp3) is 0.0169. The molecule has 0 amide bonds. The van der Waals surface area contributed by atoms with Crippen LogP contribution in [0.15, 0.2) is 235 Å². The van der Waals surface area contributed by atoms with Crippen LogP contribution in [0, 0.1) is 0 Å². The van der Waals surface area contributed by atoms with Crippen molar-refractivity contribution in [1.82, 2.24) is 0 Å². The topological polar surface area (TPSA) is 19.6 Å². The molecule has 1 atom stereocenters. The predicted octanol–water partition coefficient (Wildman–Crippen LogP) is 16.0. The number of rotatable bonds is 6. The minimum atomic E-state index is -0.639. The first-order valence-corrected chi connectivity index (χ1v) is 21.4. The van der Waals surface area contributed by atoms with Gasteiger partial charge in [-0.1, -0.05) is 158 Å². The molecule has 11 aromatic rings. The average molecular weight is 791 g/mol. The maximum atomic E-state index is 6.58. The van der Waals surface area contributed by atoms with E-state index in [2.05, 4.69) is 240 Å². The standard InChI is InChI=1S/C59H38N2O/c1-4-20-40(21-5-1)60(41-22-6-2-7-23-41)43-35-36-51-48(38-43)45-27-12-15-30-49(45)59(51)50-31-16-13-28-46(50)56-44-26-11-10-19-39(44)37-53(58(56)59)61(42-24-8-3-9-25-42)52-32-18-34-55-57(52)47-29-14-17-33-54(47)62-55/h1-38H. The molecule has 1 unspecified atom stereocenters. The summed E-state index contributed by atoms with van der Waals surface area (Å²) in [6.45, 7) is 0. The number of nitrogens with zero attached hydrogens (tertiary/aromatic N) is 2. The molecular weight excluding hydrogens is 753 g/mol. The van der Waals surface area contributed by atoms with Crippen molar-refractivity contribution in [2.75, 3.05) is 9.80 Å². The highest BCUT2D eigenvalue weighted by Crippen LogP contribution is 2.67. The van der Waals surface area contributed by atoms with Crippen LogP contribution in [0.4, 0.5) is 34.1 Å². The van der Waals surface area contributed by atoms with E-state index in [1.54, 1.807) is 0 Å².